The monoisotopic (exact) mass is 231 g/mol. The van der Waals surface area contributed by atoms with Gasteiger partial charge in [0.1, 0.15) is 11.6 Å². The van der Waals surface area contributed by atoms with Crippen LogP contribution in [0.2, 0.25) is 0 Å². The fraction of sp³-hybridized carbons (Fsp3) is 0.417. The van der Waals surface area contributed by atoms with Gasteiger partial charge in [-0.3, -0.25) is 4.98 Å². The van der Waals surface area contributed by atoms with Gasteiger partial charge in [0, 0.05) is 6.20 Å². The number of nitrogens with zero attached hydrogens (tertiary/aromatic N) is 2. The highest BCUT2D eigenvalue weighted by atomic mass is 16.4. The lowest BCUT2D eigenvalue weighted by molar-refractivity contribution is -0.142. The second-order valence-corrected chi connectivity index (χ2v) is 4.25. The van der Waals surface area contributed by atoms with Crippen molar-refractivity contribution in [1.29, 1.82) is 5.26 Å². The first-order valence-corrected chi connectivity index (χ1v) is 5.54. The zero-order valence-corrected chi connectivity index (χ0v) is 9.31. The number of carboxylic acids is 1. The van der Waals surface area contributed by atoms with Gasteiger partial charge in [-0.05, 0) is 18.9 Å². The summed E-state index contributed by atoms with van der Waals surface area (Å²) in [6.45, 7) is 0. The Bertz CT molecular complexity index is 473. The summed E-state index contributed by atoms with van der Waals surface area (Å²) < 4.78 is 0. The lowest BCUT2D eigenvalue weighted by Crippen LogP contribution is -2.43. The fourth-order valence-corrected chi connectivity index (χ4v) is 2.22. The van der Waals surface area contributed by atoms with Crippen LogP contribution in [-0.2, 0) is 4.79 Å². The highest BCUT2D eigenvalue weighted by Gasteiger charge is 2.41. The Balaban J connectivity index is 2.30. The Kier molecular flexibility index (Phi) is 2.96. The summed E-state index contributed by atoms with van der Waals surface area (Å²) in [6.07, 6.45) is 5.97. The van der Waals surface area contributed by atoms with Crippen LogP contribution in [0.15, 0.2) is 18.5 Å². The van der Waals surface area contributed by atoms with Crippen LogP contribution in [0.1, 0.15) is 31.2 Å². The minimum Gasteiger partial charge on any atom is -0.480 e. The molecule has 5 nitrogen and oxygen atoms in total. The summed E-state index contributed by atoms with van der Waals surface area (Å²) >= 11 is 0. The maximum atomic E-state index is 11.4. The maximum Gasteiger partial charge on any atom is 0.329 e. The van der Waals surface area contributed by atoms with Crippen molar-refractivity contribution in [2.45, 2.75) is 31.2 Å². The molecule has 2 rings (SSSR count). The molecule has 0 spiro atoms. The summed E-state index contributed by atoms with van der Waals surface area (Å²) in [7, 11) is 0. The standard InChI is InChI=1S/C12H13N3O2/c13-7-9-3-6-14-8-10(9)15-12(11(16)17)4-1-2-5-12/h3,6,8,15H,1-2,4-5H2,(H,16,17). The second kappa shape index (κ2) is 4.42. The molecule has 1 aromatic heterocycles. The van der Waals surface area contributed by atoms with E-state index in [-0.39, 0.29) is 0 Å². The first-order chi connectivity index (χ1) is 8.18. The number of anilines is 1. The van der Waals surface area contributed by atoms with E-state index < -0.39 is 11.5 Å². The van der Waals surface area contributed by atoms with Crippen molar-refractivity contribution in [3.8, 4) is 6.07 Å². The van der Waals surface area contributed by atoms with Crippen LogP contribution < -0.4 is 5.32 Å². The molecule has 2 N–H and O–H groups in total. The SMILES string of the molecule is N#Cc1ccncc1NC1(C(=O)O)CCCC1. The molecule has 1 aromatic rings. The molecular weight excluding hydrogens is 218 g/mol. The molecule has 5 heteroatoms. The van der Waals surface area contributed by atoms with Gasteiger partial charge < -0.3 is 10.4 Å². The van der Waals surface area contributed by atoms with E-state index in [1.54, 1.807) is 6.07 Å². The molecule has 88 valence electrons. The molecule has 17 heavy (non-hydrogen) atoms. The summed E-state index contributed by atoms with van der Waals surface area (Å²) in [5.41, 5.74) is -0.0129. The Morgan fingerprint density at radius 3 is 2.82 bits per heavy atom. The molecule has 0 unspecified atom stereocenters. The molecule has 0 aliphatic heterocycles. The topological polar surface area (TPSA) is 86.0 Å². The van der Waals surface area contributed by atoms with Crippen molar-refractivity contribution in [3.05, 3.63) is 24.0 Å². The average molecular weight is 231 g/mol. The van der Waals surface area contributed by atoms with Gasteiger partial charge >= 0.3 is 5.97 Å². The summed E-state index contributed by atoms with van der Waals surface area (Å²) in [5, 5.41) is 21.3. The Morgan fingerprint density at radius 2 is 2.24 bits per heavy atom. The highest BCUT2D eigenvalue weighted by molar-refractivity contribution is 5.83. The van der Waals surface area contributed by atoms with E-state index in [9.17, 15) is 9.90 Å². The molecule has 0 bridgehead atoms. The lowest BCUT2D eigenvalue weighted by atomic mass is 9.97. The van der Waals surface area contributed by atoms with E-state index in [1.165, 1.54) is 12.4 Å². The van der Waals surface area contributed by atoms with Crippen LogP contribution in [0, 0.1) is 11.3 Å². The molecule has 0 atom stereocenters. The predicted molar refractivity (Wildman–Crippen MR) is 61.4 cm³/mol. The van der Waals surface area contributed by atoms with Crippen LogP contribution in [0.4, 0.5) is 5.69 Å². The quantitative estimate of drug-likeness (QED) is 0.827. The third-order valence-corrected chi connectivity index (χ3v) is 3.18. The van der Waals surface area contributed by atoms with Crippen LogP contribution in [0.25, 0.3) is 0 Å². The van der Waals surface area contributed by atoms with E-state index in [0.29, 0.717) is 24.1 Å². The number of pyridine rings is 1. The number of carboxylic acid groups (broad SMARTS) is 1. The normalized spacial score (nSPS) is 17.4. The Hall–Kier alpha value is -2.09. The minimum absolute atomic E-state index is 0.424. The molecule has 0 saturated heterocycles. The molecule has 0 radical (unpaired) electrons. The van der Waals surface area contributed by atoms with Gasteiger partial charge in [-0.2, -0.15) is 5.26 Å². The van der Waals surface area contributed by atoms with Crippen LogP contribution in [-0.4, -0.2) is 21.6 Å². The molecule has 0 aromatic carbocycles. The summed E-state index contributed by atoms with van der Waals surface area (Å²) in [6, 6.07) is 3.61. The predicted octanol–water partition coefficient (Wildman–Crippen LogP) is 1.76. The van der Waals surface area contributed by atoms with Gasteiger partial charge in [0.25, 0.3) is 0 Å². The average Bonchev–Trinajstić information content (AvgIpc) is 2.80. The molecule has 1 saturated carbocycles. The Labute approximate surface area is 99.1 Å². The number of nitrogens with one attached hydrogen (secondary N) is 1. The third kappa shape index (κ3) is 2.07. The fourth-order valence-electron chi connectivity index (χ4n) is 2.22. The van der Waals surface area contributed by atoms with Crippen molar-refractivity contribution >= 4 is 11.7 Å². The van der Waals surface area contributed by atoms with Crippen molar-refractivity contribution in [2.24, 2.45) is 0 Å². The van der Waals surface area contributed by atoms with Gasteiger partial charge in [0.05, 0.1) is 17.4 Å². The number of aliphatic carboxylic acids is 1. The zero-order valence-electron chi connectivity index (χ0n) is 9.31. The number of carbonyl (C=O) groups is 1. The van der Waals surface area contributed by atoms with Crippen LogP contribution in [0.5, 0.6) is 0 Å². The van der Waals surface area contributed by atoms with Gasteiger partial charge in [-0.15, -0.1) is 0 Å². The number of rotatable bonds is 3. The van der Waals surface area contributed by atoms with E-state index in [4.69, 9.17) is 5.26 Å². The van der Waals surface area contributed by atoms with E-state index in [1.807, 2.05) is 6.07 Å². The number of aromatic nitrogens is 1. The van der Waals surface area contributed by atoms with Crippen molar-refractivity contribution < 1.29 is 9.90 Å². The summed E-state index contributed by atoms with van der Waals surface area (Å²) in [4.78, 5) is 15.3. The van der Waals surface area contributed by atoms with Gasteiger partial charge in [-0.25, -0.2) is 4.79 Å². The highest BCUT2D eigenvalue weighted by Crippen LogP contribution is 2.34. The number of nitriles is 1. The molecule has 1 aliphatic rings. The smallest absolute Gasteiger partial charge is 0.329 e. The largest absolute Gasteiger partial charge is 0.480 e. The van der Waals surface area contributed by atoms with Gasteiger partial charge in [0.2, 0.25) is 0 Å². The van der Waals surface area contributed by atoms with Crippen molar-refractivity contribution in [1.82, 2.24) is 4.98 Å². The molecular formula is C12H13N3O2. The third-order valence-electron chi connectivity index (χ3n) is 3.18. The van der Waals surface area contributed by atoms with Crippen molar-refractivity contribution in [2.75, 3.05) is 5.32 Å². The van der Waals surface area contributed by atoms with Gasteiger partial charge in [0.15, 0.2) is 0 Å². The molecule has 1 fully saturated rings. The number of hydrogen-bond donors (Lipinski definition) is 2. The summed E-state index contributed by atoms with van der Waals surface area (Å²) in [5.74, 6) is -0.859. The number of hydrogen-bond acceptors (Lipinski definition) is 4. The second-order valence-electron chi connectivity index (χ2n) is 4.25. The van der Waals surface area contributed by atoms with E-state index in [2.05, 4.69) is 10.3 Å². The van der Waals surface area contributed by atoms with Crippen molar-refractivity contribution in [3.63, 3.8) is 0 Å². The van der Waals surface area contributed by atoms with Crippen LogP contribution >= 0.6 is 0 Å². The van der Waals surface area contributed by atoms with Crippen LogP contribution in [0.3, 0.4) is 0 Å². The Morgan fingerprint density at radius 1 is 1.53 bits per heavy atom. The molecule has 1 aliphatic carbocycles. The first-order valence-electron chi connectivity index (χ1n) is 5.54. The first kappa shape index (κ1) is 11.4. The lowest BCUT2D eigenvalue weighted by Gasteiger charge is -2.26. The maximum absolute atomic E-state index is 11.4. The zero-order chi connectivity index (χ0) is 12.3. The molecule has 0 amide bonds. The minimum atomic E-state index is -0.936. The van der Waals surface area contributed by atoms with E-state index in [0.717, 1.165) is 12.8 Å². The molecule has 1 heterocycles. The van der Waals surface area contributed by atoms with E-state index >= 15 is 0 Å². The van der Waals surface area contributed by atoms with Gasteiger partial charge in [-0.1, -0.05) is 12.8 Å².